The van der Waals surface area contributed by atoms with E-state index >= 15 is 0 Å². The number of carbonyl (C=O) groups is 1. The van der Waals surface area contributed by atoms with Crippen LogP contribution in [-0.4, -0.2) is 63.7 Å². The van der Waals surface area contributed by atoms with Crippen molar-refractivity contribution in [1.29, 1.82) is 0 Å². The minimum absolute atomic E-state index is 0.119. The van der Waals surface area contributed by atoms with Crippen molar-refractivity contribution in [3.63, 3.8) is 0 Å². The number of nitrogens with zero attached hydrogens (tertiary/aromatic N) is 5. The van der Waals surface area contributed by atoms with E-state index in [0.29, 0.717) is 0 Å². The van der Waals surface area contributed by atoms with Gasteiger partial charge in [0.1, 0.15) is 0 Å². The Balaban J connectivity index is 2.04. The Hall–Kier alpha value is -1.95. The highest BCUT2D eigenvalue weighted by molar-refractivity contribution is 6.06. The van der Waals surface area contributed by atoms with E-state index in [1.807, 2.05) is 27.0 Å². The highest BCUT2D eigenvalue weighted by atomic mass is 16.2. The first-order chi connectivity index (χ1) is 11.4. The van der Waals surface area contributed by atoms with Crippen LogP contribution in [0, 0.1) is 13.8 Å². The van der Waals surface area contributed by atoms with Gasteiger partial charge in [0.05, 0.1) is 16.6 Å². The lowest BCUT2D eigenvalue weighted by Gasteiger charge is -2.37. The molecule has 130 valence electrons. The van der Waals surface area contributed by atoms with Crippen LogP contribution < -0.4 is 0 Å². The summed E-state index contributed by atoms with van der Waals surface area (Å²) in [6.07, 6.45) is 3.34. The maximum absolute atomic E-state index is 13.4. The van der Waals surface area contributed by atoms with Gasteiger partial charge in [0.15, 0.2) is 5.65 Å². The SMILES string of the molecule is Cc1cc(C(=O)N2CCCC[C@@H]2CN(C)C)c2c(C)nn(C)c2n1. The van der Waals surface area contributed by atoms with E-state index in [1.54, 1.807) is 4.68 Å². The number of rotatable bonds is 3. The number of amides is 1. The molecule has 3 rings (SSSR count). The third kappa shape index (κ3) is 3.02. The summed E-state index contributed by atoms with van der Waals surface area (Å²) < 4.78 is 1.77. The van der Waals surface area contributed by atoms with Gasteiger partial charge < -0.3 is 9.80 Å². The van der Waals surface area contributed by atoms with Gasteiger partial charge in [-0.1, -0.05) is 0 Å². The summed E-state index contributed by atoms with van der Waals surface area (Å²) in [5, 5.41) is 5.35. The van der Waals surface area contributed by atoms with Gasteiger partial charge in [-0.3, -0.25) is 9.48 Å². The maximum Gasteiger partial charge on any atom is 0.255 e. The first kappa shape index (κ1) is 16.9. The number of likely N-dealkylation sites (tertiary alicyclic amines) is 1. The molecular weight excluding hydrogens is 302 g/mol. The van der Waals surface area contributed by atoms with Gasteiger partial charge >= 0.3 is 0 Å². The first-order valence-corrected chi connectivity index (χ1v) is 8.65. The van der Waals surface area contributed by atoms with Gasteiger partial charge in [0, 0.05) is 31.9 Å². The average Bonchev–Trinajstić information content (AvgIpc) is 2.80. The fourth-order valence-electron chi connectivity index (χ4n) is 3.77. The summed E-state index contributed by atoms with van der Waals surface area (Å²) in [4.78, 5) is 22.2. The number of aromatic nitrogens is 3. The van der Waals surface area contributed by atoms with Crippen molar-refractivity contribution in [3.05, 3.63) is 23.0 Å². The molecule has 6 nitrogen and oxygen atoms in total. The van der Waals surface area contributed by atoms with Gasteiger partial charge in [0.25, 0.3) is 5.91 Å². The maximum atomic E-state index is 13.4. The molecule has 0 unspecified atom stereocenters. The molecule has 0 radical (unpaired) electrons. The van der Waals surface area contributed by atoms with Crippen LogP contribution in [-0.2, 0) is 7.05 Å². The highest BCUT2D eigenvalue weighted by Crippen LogP contribution is 2.26. The van der Waals surface area contributed by atoms with Crippen LogP contribution in [0.4, 0.5) is 0 Å². The Morgan fingerprint density at radius 1 is 1.33 bits per heavy atom. The lowest BCUT2D eigenvalue weighted by atomic mass is 9.99. The lowest BCUT2D eigenvalue weighted by molar-refractivity contribution is 0.0576. The van der Waals surface area contributed by atoms with Crippen molar-refractivity contribution >= 4 is 16.9 Å². The fraction of sp³-hybridized carbons (Fsp3) is 0.611. The molecule has 1 amide bonds. The second kappa shape index (κ2) is 6.51. The number of fused-ring (bicyclic) bond motifs is 1. The molecule has 1 saturated heterocycles. The van der Waals surface area contributed by atoms with Crippen LogP contribution in [0.25, 0.3) is 11.0 Å². The zero-order valence-electron chi connectivity index (χ0n) is 15.3. The Morgan fingerprint density at radius 3 is 2.79 bits per heavy atom. The summed E-state index contributed by atoms with van der Waals surface area (Å²) in [7, 11) is 6.01. The van der Waals surface area contributed by atoms with Gasteiger partial charge in [-0.25, -0.2) is 4.98 Å². The van der Waals surface area contributed by atoms with Crippen LogP contribution in [0.2, 0.25) is 0 Å². The van der Waals surface area contributed by atoms with Crippen molar-refractivity contribution in [1.82, 2.24) is 24.6 Å². The quantitative estimate of drug-likeness (QED) is 0.866. The second-order valence-corrected chi connectivity index (χ2v) is 7.13. The Bertz CT molecular complexity index is 764. The second-order valence-electron chi connectivity index (χ2n) is 7.13. The standard InChI is InChI=1S/C18H27N5O/c1-12-10-15(16-13(2)20-22(5)17(16)19-12)18(24)23-9-7-6-8-14(23)11-21(3)4/h10,14H,6-9,11H2,1-5H3/t14-/m1/s1. The van der Waals surface area contributed by atoms with E-state index in [-0.39, 0.29) is 11.9 Å². The van der Waals surface area contributed by atoms with E-state index in [0.717, 1.165) is 53.9 Å². The van der Waals surface area contributed by atoms with Crippen LogP contribution in [0.15, 0.2) is 6.07 Å². The van der Waals surface area contributed by atoms with E-state index in [1.165, 1.54) is 6.42 Å². The summed E-state index contributed by atoms with van der Waals surface area (Å²) in [5.41, 5.74) is 3.25. The molecule has 1 atom stereocenters. The van der Waals surface area contributed by atoms with Crippen molar-refractivity contribution in [2.24, 2.45) is 7.05 Å². The molecule has 2 aromatic heterocycles. The molecule has 0 N–H and O–H groups in total. The number of carbonyl (C=O) groups excluding carboxylic acids is 1. The molecule has 0 spiro atoms. The fourth-order valence-corrected chi connectivity index (χ4v) is 3.77. The smallest absolute Gasteiger partial charge is 0.255 e. The molecule has 3 heterocycles. The summed E-state index contributed by atoms with van der Waals surface area (Å²) in [6.45, 7) is 5.63. The monoisotopic (exact) mass is 329 g/mol. The van der Waals surface area contributed by atoms with Gasteiger partial charge in [-0.2, -0.15) is 5.10 Å². The number of hydrogen-bond donors (Lipinski definition) is 0. The number of aryl methyl sites for hydroxylation is 3. The molecule has 1 aliphatic rings. The molecule has 2 aromatic rings. The third-order valence-electron chi connectivity index (χ3n) is 4.79. The molecule has 6 heteroatoms. The molecule has 0 saturated carbocycles. The van der Waals surface area contributed by atoms with Gasteiger partial charge in [-0.05, 0) is 53.3 Å². The summed E-state index contributed by atoms with van der Waals surface area (Å²) in [6, 6.07) is 2.20. The minimum atomic E-state index is 0.119. The van der Waals surface area contributed by atoms with Crippen LogP contribution >= 0.6 is 0 Å². The van der Waals surface area contributed by atoms with Crippen LogP contribution in [0.1, 0.15) is 41.0 Å². The number of likely N-dealkylation sites (N-methyl/N-ethyl adjacent to an activating group) is 1. The topological polar surface area (TPSA) is 54.3 Å². The van der Waals surface area contributed by atoms with E-state index in [4.69, 9.17) is 0 Å². The molecule has 0 aliphatic carbocycles. The van der Waals surface area contributed by atoms with Crippen molar-refractivity contribution < 1.29 is 4.79 Å². The largest absolute Gasteiger partial charge is 0.334 e. The van der Waals surface area contributed by atoms with Crippen LogP contribution in [0.3, 0.4) is 0 Å². The molecule has 24 heavy (non-hydrogen) atoms. The Labute approximate surface area is 143 Å². The van der Waals surface area contributed by atoms with Crippen molar-refractivity contribution in [3.8, 4) is 0 Å². The molecule has 0 aromatic carbocycles. The Kier molecular flexibility index (Phi) is 4.58. The molecule has 0 bridgehead atoms. The predicted molar refractivity (Wildman–Crippen MR) is 95.2 cm³/mol. The Morgan fingerprint density at radius 2 is 2.08 bits per heavy atom. The zero-order chi connectivity index (χ0) is 17.4. The molecular formula is C18H27N5O. The predicted octanol–water partition coefficient (Wildman–Crippen LogP) is 2.14. The summed E-state index contributed by atoms with van der Waals surface area (Å²) >= 11 is 0. The first-order valence-electron chi connectivity index (χ1n) is 8.65. The van der Waals surface area contributed by atoms with E-state index in [9.17, 15) is 4.79 Å². The van der Waals surface area contributed by atoms with Crippen LogP contribution in [0.5, 0.6) is 0 Å². The lowest BCUT2D eigenvalue weighted by Crippen LogP contribution is -2.48. The number of pyridine rings is 1. The normalized spacial score (nSPS) is 18.6. The van der Waals surface area contributed by atoms with E-state index < -0.39 is 0 Å². The molecule has 1 fully saturated rings. The van der Waals surface area contributed by atoms with Crippen molar-refractivity contribution in [2.45, 2.75) is 39.2 Å². The van der Waals surface area contributed by atoms with Crippen molar-refractivity contribution in [2.75, 3.05) is 27.2 Å². The highest BCUT2D eigenvalue weighted by Gasteiger charge is 2.30. The third-order valence-corrected chi connectivity index (χ3v) is 4.79. The average molecular weight is 329 g/mol. The minimum Gasteiger partial charge on any atom is -0.334 e. The summed E-state index contributed by atoms with van der Waals surface area (Å²) in [5.74, 6) is 0.119. The van der Waals surface area contributed by atoms with Gasteiger partial charge in [-0.15, -0.1) is 0 Å². The number of piperidine rings is 1. The van der Waals surface area contributed by atoms with Gasteiger partial charge in [0.2, 0.25) is 0 Å². The number of hydrogen-bond acceptors (Lipinski definition) is 4. The van der Waals surface area contributed by atoms with E-state index in [2.05, 4.69) is 34.0 Å². The molecule has 1 aliphatic heterocycles. The zero-order valence-corrected chi connectivity index (χ0v) is 15.3.